The lowest BCUT2D eigenvalue weighted by molar-refractivity contribution is 0.167. The second kappa shape index (κ2) is 6.91. The van der Waals surface area contributed by atoms with Crippen LogP contribution < -0.4 is 5.32 Å². The molecule has 0 spiro atoms. The van der Waals surface area contributed by atoms with Gasteiger partial charge in [0.1, 0.15) is 5.54 Å². The molecule has 3 nitrogen and oxygen atoms in total. The zero-order valence-electron chi connectivity index (χ0n) is 13.5. The molecule has 0 aromatic rings. The first-order chi connectivity index (χ1) is 9.52. The minimum Gasteiger partial charge on any atom is -0.303 e. The lowest BCUT2D eigenvalue weighted by atomic mass is 9.88. The Bertz CT molecular complexity index is 339. The van der Waals surface area contributed by atoms with Crippen molar-refractivity contribution in [3.63, 3.8) is 0 Å². The first kappa shape index (κ1) is 15.8. The third-order valence-electron chi connectivity index (χ3n) is 5.07. The fourth-order valence-electron chi connectivity index (χ4n) is 3.52. The smallest absolute Gasteiger partial charge is 0.105 e. The molecule has 3 heteroatoms. The number of nitrogens with one attached hydrogen (secondary N) is 1. The maximum atomic E-state index is 9.48. The molecule has 0 heterocycles. The molecule has 2 saturated carbocycles. The molecule has 1 N–H and O–H groups in total. The highest BCUT2D eigenvalue weighted by molar-refractivity contribution is 5.08. The number of nitrogens with zero attached hydrogens (tertiary/aromatic N) is 2. The summed E-state index contributed by atoms with van der Waals surface area (Å²) in [5.74, 6) is 0.876. The van der Waals surface area contributed by atoms with Gasteiger partial charge in [-0.15, -0.1) is 0 Å². The van der Waals surface area contributed by atoms with E-state index < -0.39 is 0 Å². The summed E-state index contributed by atoms with van der Waals surface area (Å²) >= 11 is 0. The van der Waals surface area contributed by atoms with Crippen LogP contribution in [0.5, 0.6) is 0 Å². The minimum absolute atomic E-state index is 0.360. The van der Waals surface area contributed by atoms with Crippen molar-refractivity contribution < 1.29 is 0 Å². The van der Waals surface area contributed by atoms with Crippen LogP contribution in [-0.2, 0) is 0 Å². The molecule has 20 heavy (non-hydrogen) atoms. The third kappa shape index (κ3) is 4.75. The number of hydrogen-bond donors (Lipinski definition) is 1. The number of hydrogen-bond acceptors (Lipinski definition) is 3. The second-order valence-corrected chi connectivity index (χ2v) is 7.36. The van der Waals surface area contributed by atoms with Gasteiger partial charge in [0.25, 0.3) is 0 Å². The molecule has 114 valence electrons. The summed E-state index contributed by atoms with van der Waals surface area (Å²) in [6.07, 6.45) is 10.4. The summed E-state index contributed by atoms with van der Waals surface area (Å²) in [6.45, 7) is 5.54. The van der Waals surface area contributed by atoms with Crippen LogP contribution in [0.2, 0.25) is 0 Å². The summed E-state index contributed by atoms with van der Waals surface area (Å²) in [7, 11) is 2.23. The molecule has 2 atom stereocenters. The van der Waals surface area contributed by atoms with Crippen molar-refractivity contribution in [3.05, 3.63) is 0 Å². The summed E-state index contributed by atoms with van der Waals surface area (Å²) in [4.78, 5) is 2.47. The summed E-state index contributed by atoms with van der Waals surface area (Å²) in [5, 5.41) is 13.0. The minimum atomic E-state index is -0.360. The molecule has 0 saturated heterocycles. The van der Waals surface area contributed by atoms with Crippen molar-refractivity contribution >= 4 is 0 Å². The van der Waals surface area contributed by atoms with Crippen LogP contribution in [0, 0.1) is 17.2 Å². The van der Waals surface area contributed by atoms with Crippen LogP contribution in [0.3, 0.4) is 0 Å². The first-order valence-electron chi connectivity index (χ1n) is 8.41. The quantitative estimate of drug-likeness (QED) is 0.776. The average Bonchev–Trinajstić information content (AvgIpc) is 3.23. The van der Waals surface area contributed by atoms with E-state index >= 15 is 0 Å². The van der Waals surface area contributed by atoms with Gasteiger partial charge in [0, 0.05) is 18.6 Å². The molecule has 2 fully saturated rings. The third-order valence-corrected chi connectivity index (χ3v) is 5.07. The second-order valence-electron chi connectivity index (χ2n) is 7.36. The van der Waals surface area contributed by atoms with Crippen molar-refractivity contribution in [2.24, 2.45) is 5.92 Å². The first-order valence-corrected chi connectivity index (χ1v) is 8.41. The van der Waals surface area contributed by atoms with Crippen LogP contribution >= 0.6 is 0 Å². The summed E-state index contributed by atoms with van der Waals surface area (Å²) in [5.41, 5.74) is -0.360. The van der Waals surface area contributed by atoms with Crippen LogP contribution in [0.4, 0.5) is 0 Å². The Balaban J connectivity index is 1.79. The molecule has 2 aliphatic carbocycles. The highest BCUT2D eigenvalue weighted by atomic mass is 15.1. The molecule has 0 aromatic carbocycles. The molecule has 2 rings (SSSR count). The standard InChI is InChI=1S/C17H31N3/c1-14(11-17(2,13-18)19-16-9-10-16)20(3)12-15-7-5-4-6-8-15/h14-16,19H,4-12H2,1-3H3. The lowest BCUT2D eigenvalue weighted by Crippen LogP contribution is -2.48. The van der Waals surface area contributed by atoms with E-state index in [-0.39, 0.29) is 5.54 Å². The van der Waals surface area contributed by atoms with Gasteiger partial charge in [0.15, 0.2) is 0 Å². The van der Waals surface area contributed by atoms with E-state index in [9.17, 15) is 5.26 Å². The molecular weight excluding hydrogens is 246 g/mol. The van der Waals surface area contributed by atoms with E-state index in [0.717, 1.165) is 12.3 Å². The number of rotatable bonds is 7. The van der Waals surface area contributed by atoms with Crippen molar-refractivity contribution in [1.29, 1.82) is 5.26 Å². The van der Waals surface area contributed by atoms with Crippen molar-refractivity contribution in [2.75, 3.05) is 13.6 Å². The monoisotopic (exact) mass is 277 g/mol. The molecular formula is C17H31N3. The maximum absolute atomic E-state index is 9.48. The summed E-state index contributed by atoms with van der Waals surface area (Å²) in [6, 6.07) is 3.56. The molecule has 0 bridgehead atoms. The fourth-order valence-corrected chi connectivity index (χ4v) is 3.52. The molecule has 0 aliphatic heterocycles. The SMILES string of the molecule is CC(CC(C)(C#N)NC1CC1)N(C)CC1CCCCC1. The molecule has 0 aromatic heterocycles. The van der Waals surface area contributed by atoms with Crippen LogP contribution in [-0.4, -0.2) is 36.1 Å². The zero-order valence-corrected chi connectivity index (χ0v) is 13.5. The predicted octanol–water partition coefficient (Wildman–Crippen LogP) is 3.31. The number of nitriles is 1. The largest absolute Gasteiger partial charge is 0.303 e. The van der Waals surface area contributed by atoms with Crippen molar-refractivity contribution in [1.82, 2.24) is 10.2 Å². The van der Waals surface area contributed by atoms with Gasteiger partial charge >= 0.3 is 0 Å². The molecule has 0 radical (unpaired) electrons. The predicted molar refractivity (Wildman–Crippen MR) is 83.5 cm³/mol. The topological polar surface area (TPSA) is 39.1 Å². The van der Waals surface area contributed by atoms with E-state index in [2.05, 4.69) is 37.2 Å². The summed E-state index contributed by atoms with van der Waals surface area (Å²) < 4.78 is 0. The van der Waals surface area contributed by atoms with Gasteiger partial charge in [-0.05, 0) is 58.9 Å². The van der Waals surface area contributed by atoms with Gasteiger partial charge in [-0.3, -0.25) is 5.32 Å². The Hall–Kier alpha value is -0.590. The van der Waals surface area contributed by atoms with Gasteiger partial charge < -0.3 is 4.90 Å². The molecule has 2 unspecified atom stereocenters. The van der Waals surface area contributed by atoms with E-state index in [4.69, 9.17) is 0 Å². The highest BCUT2D eigenvalue weighted by Gasteiger charge is 2.34. The van der Waals surface area contributed by atoms with Crippen molar-refractivity contribution in [3.8, 4) is 6.07 Å². The van der Waals surface area contributed by atoms with Crippen LogP contribution in [0.1, 0.15) is 65.2 Å². The van der Waals surface area contributed by atoms with E-state index in [0.29, 0.717) is 12.1 Å². The normalized spacial score (nSPS) is 25.1. The maximum Gasteiger partial charge on any atom is 0.105 e. The van der Waals surface area contributed by atoms with Gasteiger partial charge in [0.05, 0.1) is 6.07 Å². The van der Waals surface area contributed by atoms with Crippen molar-refractivity contribution in [2.45, 2.75) is 82.8 Å². The Morgan fingerprint density at radius 2 is 1.90 bits per heavy atom. The fraction of sp³-hybridized carbons (Fsp3) is 0.941. The highest BCUT2D eigenvalue weighted by Crippen LogP contribution is 2.27. The van der Waals surface area contributed by atoms with Gasteiger partial charge in [-0.1, -0.05) is 19.3 Å². The zero-order chi connectivity index (χ0) is 14.6. The van der Waals surface area contributed by atoms with E-state index in [1.54, 1.807) is 0 Å². The Labute approximate surface area is 124 Å². The Morgan fingerprint density at radius 1 is 1.25 bits per heavy atom. The molecule has 0 amide bonds. The van der Waals surface area contributed by atoms with E-state index in [1.807, 2.05) is 0 Å². The Morgan fingerprint density at radius 3 is 2.45 bits per heavy atom. The van der Waals surface area contributed by atoms with Gasteiger partial charge in [-0.2, -0.15) is 5.26 Å². The molecule has 2 aliphatic rings. The lowest BCUT2D eigenvalue weighted by Gasteiger charge is -2.34. The van der Waals surface area contributed by atoms with E-state index in [1.165, 1.54) is 51.5 Å². The van der Waals surface area contributed by atoms with Gasteiger partial charge in [0.2, 0.25) is 0 Å². The average molecular weight is 277 g/mol. The van der Waals surface area contributed by atoms with Crippen LogP contribution in [0.25, 0.3) is 0 Å². The Kier molecular flexibility index (Phi) is 5.46. The van der Waals surface area contributed by atoms with Crippen LogP contribution in [0.15, 0.2) is 0 Å². The van der Waals surface area contributed by atoms with Gasteiger partial charge in [-0.25, -0.2) is 0 Å².